The summed E-state index contributed by atoms with van der Waals surface area (Å²) in [5.41, 5.74) is 12.6. The van der Waals surface area contributed by atoms with Gasteiger partial charge >= 0.3 is 0 Å². The van der Waals surface area contributed by atoms with E-state index in [2.05, 4.69) is 10.9 Å². The maximum Gasteiger partial charge on any atom is 0.116 e. The van der Waals surface area contributed by atoms with Crippen molar-refractivity contribution in [3.63, 3.8) is 0 Å². The van der Waals surface area contributed by atoms with Gasteiger partial charge in [-0.25, -0.2) is 0 Å². The first-order chi connectivity index (χ1) is 8.06. The highest BCUT2D eigenvalue weighted by atomic mass is 35.5. The average molecular weight is 267 g/mol. The van der Waals surface area contributed by atoms with E-state index in [0.29, 0.717) is 16.4 Å². The Kier molecular flexibility index (Phi) is 4.76. The molecule has 0 fully saturated rings. The molecule has 0 atom stereocenters. The number of hydrazine groups is 1. The van der Waals surface area contributed by atoms with Crippen LogP contribution in [-0.2, 0) is 0 Å². The zero-order chi connectivity index (χ0) is 12.8. The van der Waals surface area contributed by atoms with Gasteiger partial charge in [-0.15, -0.1) is 0 Å². The molecule has 0 unspecified atom stereocenters. The predicted octanol–water partition coefficient (Wildman–Crippen LogP) is 2.34. The second kappa shape index (κ2) is 6.09. The summed E-state index contributed by atoms with van der Waals surface area (Å²) in [6.45, 7) is 1.70. The summed E-state index contributed by atoms with van der Waals surface area (Å²) in [4.78, 5) is 0.0541. The van der Waals surface area contributed by atoms with Crippen molar-refractivity contribution >= 4 is 34.5 Å². The van der Waals surface area contributed by atoms with E-state index in [1.165, 1.54) is 0 Å². The number of anilines is 1. The van der Waals surface area contributed by atoms with Gasteiger partial charge in [-0.05, 0) is 19.1 Å². The molecule has 0 aliphatic rings. The molecule has 6 heteroatoms. The Morgan fingerprint density at radius 1 is 1.47 bits per heavy atom. The van der Waals surface area contributed by atoms with Gasteiger partial charge in [0.15, 0.2) is 0 Å². The van der Waals surface area contributed by atoms with Crippen LogP contribution in [0.5, 0.6) is 0 Å². The number of hydrogen-bond acceptors (Lipinski definition) is 4. The number of halogens is 1. The smallest absolute Gasteiger partial charge is 0.116 e. The van der Waals surface area contributed by atoms with Crippen LogP contribution < -0.4 is 16.6 Å². The van der Waals surface area contributed by atoms with Crippen molar-refractivity contribution < 1.29 is 0 Å². The molecule has 0 aliphatic heterocycles. The lowest BCUT2D eigenvalue weighted by molar-refractivity contribution is 0.955. The van der Waals surface area contributed by atoms with Crippen LogP contribution in [0.2, 0.25) is 5.02 Å². The maximum absolute atomic E-state index is 8.85. The molecular weight excluding hydrogens is 256 g/mol. The minimum atomic E-state index is 0.0541. The number of hydrogen-bond donors (Lipinski definition) is 3. The number of allylic oxidation sites excluding steroid dienone is 1. The second-order valence-electron chi connectivity index (χ2n) is 3.21. The van der Waals surface area contributed by atoms with Crippen LogP contribution in [0.1, 0.15) is 6.92 Å². The van der Waals surface area contributed by atoms with E-state index < -0.39 is 0 Å². The third-order valence-electron chi connectivity index (χ3n) is 1.99. The highest BCUT2D eigenvalue weighted by Crippen LogP contribution is 2.19. The first kappa shape index (κ1) is 13.3. The molecule has 0 amide bonds. The van der Waals surface area contributed by atoms with E-state index in [4.69, 9.17) is 34.8 Å². The topological polar surface area (TPSA) is 73.9 Å². The molecule has 0 spiro atoms. The van der Waals surface area contributed by atoms with Crippen LogP contribution in [0.4, 0.5) is 5.69 Å². The van der Waals surface area contributed by atoms with Gasteiger partial charge < -0.3 is 11.2 Å². The standard InChI is InChI=1S/C11H11ClN4S/c1-7(8(6-13)11(14)17)15-16-10-5-3-2-4-9(10)12/h2-5,15-16H,1H3,(H2,14,17)/b8-7-. The van der Waals surface area contributed by atoms with Gasteiger partial charge in [0.05, 0.1) is 10.7 Å². The Morgan fingerprint density at radius 2 is 2.12 bits per heavy atom. The van der Waals surface area contributed by atoms with E-state index >= 15 is 0 Å². The highest BCUT2D eigenvalue weighted by Gasteiger charge is 2.05. The Bertz CT molecular complexity index is 504. The van der Waals surface area contributed by atoms with E-state index in [1.807, 2.05) is 18.2 Å². The van der Waals surface area contributed by atoms with E-state index in [-0.39, 0.29) is 10.6 Å². The SMILES string of the molecule is C/C(NNc1ccccc1Cl)=C(\C#N)C(N)=S. The third kappa shape index (κ3) is 3.63. The maximum atomic E-state index is 8.85. The number of benzene rings is 1. The Balaban J connectivity index is 2.79. The summed E-state index contributed by atoms with van der Waals surface area (Å²) < 4.78 is 0. The molecule has 0 saturated carbocycles. The van der Waals surface area contributed by atoms with Crippen LogP contribution >= 0.6 is 23.8 Å². The van der Waals surface area contributed by atoms with E-state index in [9.17, 15) is 0 Å². The summed E-state index contributed by atoms with van der Waals surface area (Å²) in [5, 5.41) is 9.42. The largest absolute Gasteiger partial charge is 0.389 e. The zero-order valence-electron chi connectivity index (χ0n) is 9.12. The number of nitrogens with two attached hydrogens (primary N) is 1. The minimum absolute atomic E-state index is 0.0541. The van der Waals surface area contributed by atoms with Gasteiger partial charge in [0.2, 0.25) is 0 Å². The van der Waals surface area contributed by atoms with Crippen LogP contribution in [0.25, 0.3) is 0 Å². The van der Waals surface area contributed by atoms with Gasteiger partial charge in [-0.2, -0.15) is 5.26 Å². The Morgan fingerprint density at radius 3 is 2.65 bits per heavy atom. The van der Waals surface area contributed by atoms with E-state index in [0.717, 1.165) is 0 Å². The van der Waals surface area contributed by atoms with Crippen molar-refractivity contribution in [2.45, 2.75) is 6.92 Å². The fraction of sp³-hybridized carbons (Fsp3) is 0.0909. The average Bonchev–Trinajstić information content (AvgIpc) is 2.28. The number of para-hydroxylation sites is 1. The molecule has 0 radical (unpaired) electrons. The molecule has 4 N–H and O–H groups in total. The Labute approximate surface area is 110 Å². The number of thiocarbonyl (C=S) groups is 1. The third-order valence-corrected chi connectivity index (χ3v) is 2.53. The number of rotatable bonds is 4. The van der Waals surface area contributed by atoms with Gasteiger partial charge in [-0.3, -0.25) is 5.43 Å². The van der Waals surface area contributed by atoms with Crippen LogP contribution in [-0.4, -0.2) is 4.99 Å². The van der Waals surface area contributed by atoms with Crippen LogP contribution in [0.15, 0.2) is 35.5 Å². The van der Waals surface area contributed by atoms with Gasteiger partial charge in [0.1, 0.15) is 16.6 Å². The molecule has 0 aromatic heterocycles. The summed E-state index contributed by atoms with van der Waals surface area (Å²) in [7, 11) is 0. The predicted molar refractivity (Wildman–Crippen MR) is 73.3 cm³/mol. The van der Waals surface area contributed by atoms with Crippen molar-refractivity contribution in [1.29, 1.82) is 5.26 Å². The molecule has 0 saturated heterocycles. The zero-order valence-corrected chi connectivity index (χ0v) is 10.7. The normalized spacial score (nSPS) is 11.1. The lowest BCUT2D eigenvalue weighted by Gasteiger charge is -2.12. The number of nitrogens with one attached hydrogen (secondary N) is 2. The molecule has 1 rings (SSSR count). The number of nitriles is 1. The van der Waals surface area contributed by atoms with Crippen molar-refractivity contribution in [3.8, 4) is 6.07 Å². The molecular formula is C11H11ClN4S. The lowest BCUT2D eigenvalue weighted by Crippen LogP contribution is -2.24. The Hall–Kier alpha value is -1.77. The summed E-state index contributed by atoms with van der Waals surface area (Å²) in [6, 6.07) is 9.15. The molecule has 17 heavy (non-hydrogen) atoms. The van der Waals surface area contributed by atoms with Crippen LogP contribution in [0.3, 0.4) is 0 Å². The number of nitrogens with zero attached hydrogens (tertiary/aromatic N) is 1. The highest BCUT2D eigenvalue weighted by molar-refractivity contribution is 7.80. The second-order valence-corrected chi connectivity index (χ2v) is 4.05. The van der Waals surface area contributed by atoms with Gasteiger partial charge in [0, 0.05) is 5.70 Å². The van der Waals surface area contributed by atoms with Crippen molar-refractivity contribution in [2.24, 2.45) is 5.73 Å². The molecule has 0 aliphatic carbocycles. The monoisotopic (exact) mass is 266 g/mol. The molecule has 0 heterocycles. The molecule has 1 aromatic rings. The fourth-order valence-corrected chi connectivity index (χ4v) is 1.49. The molecule has 0 bridgehead atoms. The first-order valence-corrected chi connectivity index (χ1v) is 5.52. The summed E-state index contributed by atoms with van der Waals surface area (Å²) in [6.07, 6.45) is 0. The molecule has 1 aromatic carbocycles. The van der Waals surface area contributed by atoms with Gasteiger partial charge in [0.25, 0.3) is 0 Å². The lowest BCUT2D eigenvalue weighted by atomic mass is 10.2. The van der Waals surface area contributed by atoms with Crippen LogP contribution in [0, 0.1) is 11.3 Å². The van der Waals surface area contributed by atoms with Crippen molar-refractivity contribution in [2.75, 3.05) is 5.43 Å². The fourth-order valence-electron chi connectivity index (χ4n) is 1.11. The first-order valence-electron chi connectivity index (χ1n) is 4.73. The summed E-state index contributed by atoms with van der Waals surface area (Å²) in [5.74, 6) is 0. The van der Waals surface area contributed by atoms with Gasteiger partial charge in [-0.1, -0.05) is 36.0 Å². The van der Waals surface area contributed by atoms with Crippen molar-refractivity contribution in [3.05, 3.63) is 40.6 Å². The summed E-state index contributed by atoms with van der Waals surface area (Å²) >= 11 is 10.7. The molecule has 88 valence electrons. The van der Waals surface area contributed by atoms with Crippen molar-refractivity contribution in [1.82, 2.24) is 5.43 Å². The molecule has 4 nitrogen and oxygen atoms in total. The minimum Gasteiger partial charge on any atom is -0.389 e. The quantitative estimate of drug-likeness (QED) is 0.338. The van der Waals surface area contributed by atoms with E-state index in [1.54, 1.807) is 19.1 Å².